The average molecular weight is 196 g/mol. The number of nitrogens with zero attached hydrogens (tertiary/aromatic N) is 2. The van der Waals surface area contributed by atoms with Crippen molar-refractivity contribution < 1.29 is 5.11 Å². The van der Waals surface area contributed by atoms with Crippen LogP contribution in [0.4, 0.5) is 0 Å². The van der Waals surface area contributed by atoms with E-state index in [4.69, 9.17) is 0 Å². The van der Waals surface area contributed by atoms with Crippen molar-refractivity contribution in [3.8, 4) is 5.88 Å². The van der Waals surface area contributed by atoms with Crippen LogP contribution in [-0.2, 0) is 13.0 Å². The SMILES string of the molecule is CCCCn1nc(CC(C)C)cc1O. The van der Waals surface area contributed by atoms with E-state index >= 15 is 0 Å². The Kier molecular flexibility index (Phi) is 3.98. The third-order valence-electron chi connectivity index (χ3n) is 2.15. The zero-order valence-corrected chi connectivity index (χ0v) is 9.32. The van der Waals surface area contributed by atoms with Gasteiger partial charge in [-0.1, -0.05) is 27.2 Å². The quantitative estimate of drug-likeness (QED) is 0.786. The minimum Gasteiger partial charge on any atom is -0.493 e. The summed E-state index contributed by atoms with van der Waals surface area (Å²) in [5.41, 5.74) is 0.994. The van der Waals surface area contributed by atoms with E-state index in [0.717, 1.165) is 31.5 Å². The standard InChI is InChI=1S/C11H20N2O/c1-4-5-6-13-11(14)8-10(12-13)7-9(2)3/h8-9,14H,4-7H2,1-3H3. The molecule has 1 heterocycles. The second kappa shape index (κ2) is 5.03. The van der Waals surface area contributed by atoms with Gasteiger partial charge in [0.1, 0.15) is 0 Å². The number of aryl methyl sites for hydroxylation is 1. The maximum atomic E-state index is 9.57. The molecule has 1 rings (SSSR count). The van der Waals surface area contributed by atoms with Gasteiger partial charge in [0.15, 0.2) is 0 Å². The summed E-state index contributed by atoms with van der Waals surface area (Å²) in [4.78, 5) is 0. The van der Waals surface area contributed by atoms with Crippen LogP contribution in [0.25, 0.3) is 0 Å². The highest BCUT2D eigenvalue weighted by atomic mass is 16.3. The van der Waals surface area contributed by atoms with Crippen LogP contribution in [-0.4, -0.2) is 14.9 Å². The van der Waals surface area contributed by atoms with Crippen molar-refractivity contribution in [2.75, 3.05) is 0 Å². The molecule has 0 aliphatic rings. The molecule has 0 bridgehead atoms. The first-order valence-corrected chi connectivity index (χ1v) is 5.39. The zero-order chi connectivity index (χ0) is 10.6. The fraction of sp³-hybridized carbons (Fsp3) is 0.727. The van der Waals surface area contributed by atoms with Gasteiger partial charge >= 0.3 is 0 Å². The van der Waals surface area contributed by atoms with Gasteiger partial charge in [-0.05, 0) is 18.8 Å². The molecule has 0 atom stereocenters. The molecule has 1 aromatic heterocycles. The first kappa shape index (κ1) is 11.1. The topological polar surface area (TPSA) is 38.0 Å². The smallest absolute Gasteiger partial charge is 0.209 e. The molecule has 1 N–H and O–H groups in total. The van der Waals surface area contributed by atoms with E-state index in [0.29, 0.717) is 11.8 Å². The molecule has 3 nitrogen and oxygen atoms in total. The molecular weight excluding hydrogens is 176 g/mol. The molecule has 0 saturated carbocycles. The first-order valence-electron chi connectivity index (χ1n) is 5.39. The number of rotatable bonds is 5. The second-order valence-corrected chi connectivity index (χ2v) is 4.17. The fourth-order valence-corrected chi connectivity index (χ4v) is 1.45. The van der Waals surface area contributed by atoms with Crippen LogP contribution in [0.1, 0.15) is 39.3 Å². The summed E-state index contributed by atoms with van der Waals surface area (Å²) in [5, 5.41) is 13.9. The third kappa shape index (κ3) is 3.05. The molecule has 0 spiro atoms. The van der Waals surface area contributed by atoms with Gasteiger partial charge in [0.25, 0.3) is 0 Å². The number of hydrogen-bond acceptors (Lipinski definition) is 2. The normalized spacial score (nSPS) is 11.1. The summed E-state index contributed by atoms with van der Waals surface area (Å²) in [5.74, 6) is 0.887. The maximum absolute atomic E-state index is 9.57. The van der Waals surface area contributed by atoms with Gasteiger partial charge in [-0.15, -0.1) is 0 Å². The Morgan fingerprint density at radius 1 is 1.50 bits per heavy atom. The fourth-order valence-electron chi connectivity index (χ4n) is 1.45. The van der Waals surface area contributed by atoms with Crippen molar-refractivity contribution in [2.45, 2.75) is 46.6 Å². The maximum Gasteiger partial charge on any atom is 0.209 e. The molecule has 0 fully saturated rings. The van der Waals surface area contributed by atoms with Crippen LogP contribution >= 0.6 is 0 Å². The summed E-state index contributed by atoms with van der Waals surface area (Å²) in [6.07, 6.45) is 3.13. The van der Waals surface area contributed by atoms with Crippen molar-refractivity contribution in [2.24, 2.45) is 5.92 Å². The second-order valence-electron chi connectivity index (χ2n) is 4.17. The molecule has 14 heavy (non-hydrogen) atoms. The van der Waals surface area contributed by atoms with Crippen LogP contribution in [0.3, 0.4) is 0 Å². The molecule has 0 radical (unpaired) electrons. The van der Waals surface area contributed by atoms with E-state index in [-0.39, 0.29) is 0 Å². The van der Waals surface area contributed by atoms with Gasteiger partial charge < -0.3 is 5.11 Å². The summed E-state index contributed by atoms with van der Waals surface area (Å²) in [6.45, 7) is 7.26. The predicted octanol–water partition coefficient (Wildman–Crippen LogP) is 2.59. The molecule has 0 aliphatic carbocycles. The average Bonchev–Trinajstić information content (AvgIpc) is 2.41. The third-order valence-corrected chi connectivity index (χ3v) is 2.15. The minimum atomic E-state index is 0.300. The van der Waals surface area contributed by atoms with Crippen LogP contribution < -0.4 is 0 Å². The van der Waals surface area contributed by atoms with Crippen LogP contribution in [0.5, 0.6) is 5.88 Å². The number of aromatic nitrogens is 2. The lowest BCUT2D eigenvalue weighted by atomic mass is 10.1. The van der Waals surface area contributed by atoms with E-state index in [2.05, 4.69) is 25.9 Å². The molecule has 1 aromatic rings. The highest BCUT2D eigenvalue weighted by Crippen LogP contribution is 2.15. The molecule has 0 aliphatic heterocycles. The van der Waals surface area contributed by atoms with Crippen molar-refractivity contribution in [3.63, 3.8) is 0 Å². The Hall–Kier alpha value is -0.990. The molecule has 3 heteroatoms. The van der Waals surface area contributed by atoms with E-state index in [9.17, 15) is 5.11 Å². The summed E-state index contributed by atoms with van der Waals surface area (Å²) in [6, 6.07) is 1.77. The van der Waals surface area contributed by atoms with Gasteiger partial charge in [-0.3, -0.25) is 0 Å². The molecule has 0 aromatic carbocycles. The van der Waals surface area contributed by atoms with Gasteiger partial charge in [-0.25, -0.2) is 4.68 Å². The summed E-state index contributed by atoms with van der Waals surface area (Å²) >= 11 is 0. The lowest BCUT2D eigenvalue weighted by Crippen LogP contribution is -2.01. The van der Waals surface area contributed by atoms with E-state index in [1.54, 1.807) is 10.7 Å². The number of aromatic hydroxyl groups is 1. The Bertz CT molecular complexity index is 279. The number of unbranched alkanes of at least 4 members (excludes halogenated alkanes) is 1. The van der Waals surface area contributed by atoms with E-state index < -0.39 is 0 Å². The van der Waals surface area contributed by atoms with Gasteiger partial charge in [0.2, 0.25) is 5.88 Å². The highest BCUT2D eigenvalue weighted by molar-refractivity contribution is 5.14. The first-order chi connectivity index (χ1) is 6.63. The molecule has 0 saturated heterocycles. The lowest BCUT2D eigenvalue weighted by molar-refractivity contribution is 0.393. The van der Waals surface area contributed by atoms with Gasteiger partial charge in [0, 0.05) is 12.6 Å². The summed E-state index contributed by atoms with van der Waals surface area (Å²) < 4.78 is 1.70. The van der Waals surface area contributed by atoms with Gasteiger partial charge in [0.05, 0.1) is 5.69 Å². The largest absolute Gasteiger partial charge is 0.493 e. The van der Waals surface area contributed by atoms with Crippen molar-refractivity contribution in [1.29, 1.82) is 0 Å². The predicted molar refractivity (Wildman–Crippen MR) is 57.3 cm³/mol. The van der Waals surface area contributed by atoms with Crippen molar-refractivity contribution in [1.82, 2.24) is 9.78 Å². The van der Waals surface area contributed by atoms with Crippen LogP contribution in [0.15, 0.2) is 6.07 Å². The van der Waals surface area contributed by atoms with Crippen molar-refractivity contribution >= 4 is 0 Å². The van der Waals surface area contributed by atoms with E-state index in [1.165, 1.54) is 0 Å². The monoisotopic (exact) mass is 196 g/mol. The highest BCUT2D eigenvalue weighted by Gasteiger charge is 2.07. The summed E-state index contributed by atoms with van der Waals surface area (Å²) in [7, 11) is 0. The Morgan fingerprint density at radius 2 is 2.21 bits per heavy atom. The Labute approximate surface area is 85.8 Å². The van der Waals surface area contributed by atoms with E-state index in [1.807, 2.05) is 0 Å². The van der Waals surface area contributed by atoms with Crippen LogP contribution in [0.2, 0.25) is 0 Å². The molecule has 0 unspecified atom stereocenters. The Morgan fingerprint density at radius 3 is 2.79 bits per heavy atom. The molecular formula is C11H20N2O. The van der Waals surface area contributed by atoms with Gasteiger partial charge in [-0.2, -0.15) is 5.10 Å². The molecule has 0 amide bonds. The Balaban J connectivity index is 2.62. The molecule has 80 valence electrons. The zero-order valence-electron chi connectivity index (χ0n) is 9.32. The van der Waals surface area contributed by atoms with Crippen LogP contribution in [0, 0.1) is 5.92 Å². The lowest BCUT2D eigenvalue weighted by Gasteiger charge is -2.01. The minimum absolute atomic E-state index is 0.300. The number of hydrogen-bond donors (Lipinski definition) is 1. The van der Waals surface area contributed by atoms with Crippen molar-refractivity contribution in [3.05, 3.63) is 11.8 Å².